The predicted octanol–water partition coefficient (Wildman–Crippen LogP) is 3.49. The van der Waals surface area contributed by atoms with Gasteiger partial charge in [-0.15, -0.1) is 11.3 Å². The van der Waals surface area contributed by atoms with Crippen LogP contribution in [-0.2, 0) is 16.0 Å². The number of nitrogens with one attached hydrogen (secondary N) is 2. The van der Waals surface area contributed by atoms with Crippen LogP contribution in [0.1, 0.15) is 61.7 Å². The summed E-state index contributed by atoms with van der Waals surface area (Å²) in [4.78, 5) is 39.7. The molecule has 1 aromatic carbocycles. The van der Waals surface area contributed by atoms with Crippen molar-refractivity contribution >= 4 is 39.1 Å². The SMILES string of the molecule is CC(=O)NCC(=O)N1CCCCC[C@H]1Cc1c(C(=O)NC(C)C)sc2ccccc12. The van der Waals surface area contributed by atoms with E-state index < -0.39 is 0 Å². The largest absolute Gasteiger partial charge is 0.349 e. The maximum absolute atomic E-state index is 12.9. The molecule has 7 heteroatoms. The highest BCUT2D eigenvalue weighted by Gasteiger charge is 2.29. The minimum atomic E-state index is -0.203. The van der Waals surface area contributed by atoms with Crippen LogP contribution in [0.15, 0.2) is 24.3 Å². The Bertz CT molecular complexity index is 922. The van der Waals surface area contributed by atoms with Crippen LogP contribution in [0.4, 0.5) is 0 Å². The quantitative estimate of drug-likeness (QED) is 0.738. The number of likely N-dealkylation sites (tertiary alicyclic amines) is 1. The van der Waals surface area contributed by atoms with Gasteiger partial charge < -0.3 is 15.5 Å². The van der Waals surface area contributed by atoms with E-state index in [2.05, 4.69) is 16.7 Å². The van der Waals surface area contributed by atoms with Gasteiger partial charge in [-0.3, -0.25) is 14.4 Å². The van der Waals surface area contributed by atoms with E-state index in [9.17, 15) is 14.4 Å². The van der Waals surface area contributed by atoms with Gasteiger partial charge >= 0.3 is 0 Å². The van der Waals surface area contributed by atoms with E-state index in [0.29, 0.717) is 13.0 Å². The lowest BCUT2D eigenvalue weighted by molar-refractivity contribution is -0.134. The second-order valence-electron chi connectivity index (χ2n) is 8.24. The normalized spacial score (nSPS) is 17.1. The average Bonchev–Trinajstić information content (AvgIpc) is 2.89. The fourth-order valence-corrected chi connectivity index (χ4v) is 5.20. The molecule has 2 aromatic rings. The van der Waals surface area contributed by atoms with Gasteiger partial charge in [0.25, 0.3) is 5.91 Å². The molecular formula is C23H31N3O3S. The number of fused-ring (bicyclic) bond motifs is 1. The van der Waals surface area contributed by atoms with Crippen molar-refractivity contribution in [3.63, 3.8) is 0 Å². The van der Waals surface area contributed by atoms with Gasteiger partial charge in [0.1, 0.15) is 0 Å². The highest BCUT2D eigenvalue weighted by molar-refractivity contribution is 7.21. The van der Waals surface area contributed by atoms with E-state index >= 15 is 0 Å². The number of rotatable bonds is 6. The minimum Gasteiger partial charge on any atom is -0.349 e. The van der Waals surface area contributed by atoms with E-state index in [-0.39, 0.29) is 36.3 Å². The van der Waals surface area contributed by atoms with Crippen LogP contribution in [0.3, 0.4) is 0 Å². The Morgan fingerprint density at radius 3 is 2.67 bits per heavy atom. The molecule has 1 aliphatic rings. The van der Waals surface area contributed by atoms with E-state index in [1.807, 2.05) is 36.9 Å². The molecule has 0 saturated carbocycles. The fourth-order valence-electron chi connectivity index (χ4n) is 4.07. The summed E-state index contributed by atoms with van der Waals surface area (Å²) < 4.78 is 1.09. The Kier molecular flexibility index (Phi) is 7.48. The molecule has 1 fully saturated rings. The van der Waals surface area contributed by atoms with Gasteiger partial charge in [-0.2, -0.15) is 0 Å². The summed E-state index contributed by atoms with van der Waals surface area (Å²) in [5.74, 6) is -0.304. The van der Waals surface area contributed by atoms with Crippen LogP contribution in [-0.4, -0.2) is 47.8 Å². The van der Waals surface area contributed by atoms with Crippen LogP contribution >= 0.6 is 11.3 Å². The Morgan fingerprint density at radius 2 is 1.93 bits per heavy atom. The number of hydrogen-bond donors (Lipinski definition) is 2. The summed E-state index contributed by atoms with van der Waals surface area (Å²) in [5.41, 5.74) is 1.03. The lowest BCUT2D eigenvalue weighted by Gasteiger charge is -2.30. The second kappa shape index (κ2) is 10.1. The van der Waals surface area contributed by atoms with E-state index in [0.717, 1.165) is 46.2 Å². The maximum Gasteiger partial charge on any atom is 0.261 e. The summed E-state index contributed by atoms with van der Waals surface area (Å²) in [5, 5.41) is 6.74. The zero-order chi connectivity index (χ0) is 21.7. The van der Waals surface area contributed by atoms with Crippen molar-refractivity contribution in [2.75, 3.05) is 13.1 Å². The third-order valence-electron chi connectivity index (χ3n) is 5.45. The molecule has 0 unspecified atom stereocenters. The van der Waals surface area contributed by atoms with Gasteiger partial charge in [0.05, 0.1) is 11.4 Å². The van der Waals surface area contributed by atoms with Gasteiger partial charge in [-0.1, -0.05) is 31.0 Å². The van der Waals surface area contributed by atoms with E-state index in [1.165, 1.54) is 18.3 Å². The molecule has 3 rings (SSSR count). The lowest BCUT2D eigenvalue weighted by atomic mass is 9.97. The van der Waals surface area contributed by atoms with Crippen molar-refractivity contribution in [2.45, 2.75) is 65.0 Å². The molecule has 0 bridgehead atoms. The van der Waals surface area contributed by atoms with Crippen molar-refractivity contribution in [1.82, 2.24) is 15.5 Å². The van der Waals surface area contributed by atoms with Crippen molar-refractivity contribution in [2.24, 2.45) is 0 Å². The number of hydrogen-bond acceptors (Lipinski definition) is 4. The van der Waals surface area contributed by atoms with Crippen LogP contribution in [0, 0.1) is 0 Å². The van der Waals surface area contributed by atoms with Crippen LogP contribution in [0.2, 0.25) is 0 Å². The third-order valence-corrected chi connectivity index (χ3v) is 6.66. The molecule has 1 aliphatic heterocycles. The van der Waals surface area contributed by atoms with Crippen LogP contribution in [0.25, 0.3) is 10.1 Å². The molecule has 3 amide bonds. The van der Waals surface area contributed by atoms with Gasteiger partial charge in [-0.05, 0) is 50.1 Å². The van der Waals surface area contributed by atoms with Gasteiger partial charge in [0.15, 0.2) is 0 Å². The highest BCUT2D eigenvalue weighted by atomic mass is 32.1. The molecule has 162 valence electrons. The number of amides is 3. The molecule has 0 radical (unpaired) electrons. The Morgan fingerprint density at radius 1 is 1.17 bits per heavy atom. The molecule has 2 heterocycles. The Labute approximate surface area is 182 Å². The van der Waals surface area contributed by atoms with Crippen LogP contribution in [0.5, 0.6) is 0 Å². The Hall–Kier alpha value is -2.41. The summed E-state index contributed by atoms with van der Waals surface area (Å²) in [6.45, 7) is 6.05. The van der Waals surface area contributed by atoms with E-state index in [4.69, 9.17) is 0 Å². The van der Waals surface area contributed by atoms with Crippen molar-refractivity contribution in [1.29, 1.82) is 0 Å². The topological polar surface area (TPSA) is 78.5 Å². The van der Waals surface area contributed by atoms with Crippen LogP contribution < -0.4 is 10.6 Å². The summed E-state index contributed by atoms with van der Waals surface area (Å²) in [6.07, 6.45) is 4.67. The maximum atomic E-state index is 12.9. The van der Waals surface area contributed by atoms with Crippen molar-refractivity contribution in [3.8, 4) is 0 Å². The first kappa shape index (κ1) is 22.3. The standard InChI is InChI=1S/C23H31N3O3S/c1-15(2)25-23(29)22-19(18-10-6-7-11-20(18)30-22)13-17-9-5-4-8-12-26(17)21(28)14-24-16(3)27/h6-7,10-11,15,17H,4-5,8-9,12-14H2,1-3H3,(H,24,27)(H,25,29)/t17-/m0/s1. The summed E-state index contributed by atoms with van der Waals surface area (Å²) in [6, 6.07) is 8.18. The molecule has 30 heavy (non-hydrogen) atoms. The highest BCUT2D eigenvalue weighted by Crippen LogP contribution is 2.34. The van der Waals surface area contributed by atoms with E-state index in [1.54, 1.807) is 0 Å². The first-order valence-corrected chi connectivity index (χ1v) is 11.5. The molecule has 6 nitrogen and oxygen atoms in total. The molecule has 1 saturated heterocycles. The molecule has 0 spiro atoms. The third kappa shape index (κ3) is 5.39. The smallest absolute Gasteiger partial charge is 0.261 e. The minimum absolute atomic E-state index is 0.0247. The molecule has 1 aromatic heterocycles. The van der Waals surface area contributed by atoms with Gasteiger partial charge in [-0.25, -0.2) is 0 Å². The first-order chi connectivity index (χ1) is 14.4. The Balaban J connectivity index is 1.92. The monoisotopic (exact) mass is 429 g/mol. The number of thiophene rings is 1. The molecular weight excluding hydrogens is 398 g/mol. The first-order valence-electron chi connectivity index (χ1n) is 10.7. The predicted molar refractivity (Wildman–Crippen MR) is 121 cm³/mol. The number of nitrogens with zero attached hydrogens (tertiary/aromatic N) is 1. The molecule has 2 N–H and O–H groups in total. The fraction of sp³-hybridized carbons (Fsp3) is 0.522. The zero-order valence-corrected chi connectivity index (χ0v) is 18.8. The number of carbonyl (C=O) groups excluding carboxylic acids is 3. The summed E-state index contributed by atoms with van der Waals surface area (Å²) >= 11 is 1.52. The number of benzene rings is 1. The van der Waals surface area contributed by atoms with Crippen molar-refractivity contribution < 1.29 is 14.4 Å². The summed E-state index contributed by atoms with van der Waals surface area (Å²) in [7, 11) is 0. The number of carbonyl (C=O) groups is 3. The zero-order valence-electron chi connectivity index (χ0n) is 18.0. The molecule has 1 atom stereocenters. The van der Waals surface area contributed by atoms with Crippen molar-refractivity contribution in [3.05, 3.63) is 34.7 Å². The average molecular weight is 430 g/mol. The van der Waals surface area contributed by atoms with Gasteiger partial charge in [0.2, 0.25) is 11.8 Å². The second-order valence-corrected chi connectivity index (χ2v) is 9.29. The lowest BCUT2D eigenvalue weighted by Crippen LogP contribution is -2.46. The molecule has 0 aliphatic carbocycles. The van der Waals surface area contributed by atoms with Gasteiger partial charge in [0, 0.05) is 30.3 Å².